The number of pyridine rings is 1. The Morgan fingerprint density at radius 1 is 1.38 bits per heavy atom. The van der Waals surface area contributed by atoms with Gasteiger partial charge in [-0.25, -0.2) is 4.98 Å². The van der Waals surface area contributed by atoms with Crippen LogP contribution in [0, 0.1) is 11.3 Å². The molecule has 2 heterocycles. The molecule has 6 heteroatoms. The molecule has 1 atom stereocenters. The molecule has 2 aromatic heterocycles. The van der Waals surface area contributed by atoms with Crippen molar-refractivity contribution in [1.82, 2.24) is 19.7 Å². The molecule has 24 heavy (non-hydrogen) atoms. The van der Waals surface area contributed by atoms with Crippen LogP contribution in [0.5, 0.6) is 0 Å². The average Bonchev–Trinajstić information content (AvgIpc) is 3.00. The summed E-state index contributed by atoms with van der Waals surface area (Å²) in [5.41, 5.74) is 4.16. The molecule has 1 aliphatic carbocycles. The lowest BCUT2D eigenvalue weighted by atomic mass is 9.95. The highest BCUT2D eigenvalue weighted by Gasteiger charge is 2.19. The van der Waals surface area contributed by atoms with Crippen LogP contribution in [0.1, 0.15) is 41.3 Å². The summed E-state index contributed by atoms with van der Waals surface area (Å²) < 4.78 is 1.81. The molecule has 0 saturated heterocycles. The molecule has 126 valence electrons. The van der Waals surface area contributed by atoms with E-state index in [1.165, 1.54) is 18.4 Å². The number of rotatable bonds is 5. The van der Waals surface area contributed by atoms with E-state index in [2.05, 4.69) is 21.4 Å². The van der Waals surface area contributed by atoms with E-state index in [0.717, 1.165) is 24.1 Å². The van der Waals surface area contributed by atoms with E-state index in [1.54, 1.807) is 0 Å². The minimum atomic E-state index is 0.170. The van der Waals surface area contributed by atoms with Gasteiger partial charge < -0.3 is 10.2 Å². The topological polar surface area (TPSA) is 69.8 Å². The van der Waals surface area contributed by atoms with Crippen LogP contribution in [-0.2, 0) is 19.9 Å². The molecule has 0 aromatic carbocycles. The molecule has 0 bridgehead atoms. The van der Waals surface area contributed by atoms with Crippen molar-refractivity contribution < 1.29 is 0 Å². The zero-order chi connectivity index (χ0) is 17.1. The lowest BCUT2D eigenvalue weighted by Crippen LogP contribution is -2.27. The second-order valence-corrected chi connectivity index (χ2v) is 6.62. The minimum absolute atomic E-state index is 0.170. The summed E-state index contributed by atoms with van der Waals surface area (Å²) in [4.78, 5) is 6.89. The van der Waals surface area contributed by atoms with Crippen LogP contribution >= 0.6 is 0 Å². The normalized spacial score (nSPS) is 15.0. The predicted octanol–water partition coefficient (Wildman–Crippen LogP) is 2.28. The van der Waals surface area contributed by atoms with Crippen molar-refractivity contribution >= 4 is 5.82 Å². The summed E-state index contributed by atoms with van der Waals surface area (Å²) in [7, 11) is 6.01. The first-order valence-corrected chi connectivity index (χ1v) is 8.40. The third-order valence-corrected chi connectivity index (χ3v) is 4.62. The molecule has 0 saturated carbocycles. The van der Waals surface area contributed by atoms with Gasteiger partial charge in [0.1, 0.15) is 11.9 Å². The van der Waals surface area contributed by atoms with Crippen molar-refractivity contribution in [2.75, 3.05) is 26.0 Å². The van der Waals surface area contributed by atoms with Gasteiger partial charge in [0.05, 0.1) is 17.8 Å². The Labute approximate surface area is 143 Å². The van der Waals surface area contributed by atoms with Crippen molar-refractivity contribution in [1.29, 1.82) is 5.26 Å². The van der Waals surface area contributed by atoms with Crippen molar-refractivity contribution in [3.8, 4) is 6.07 Å². The Morgan fingerprint density at radius 2 is 2.17 bits per heavy atom. The Kier molecular flexibility index (Phi) is 4.81. The zero-order valence-corrected chi connectivity index (χ0v) is 14.6. The monoisotopic (exact) mass is 324 g/mol. The highest BCUT2D eigenvalue weighted by Crippen LogP contribution is 2.25. The van der Waals surface area contributed by atoms with E-state index in [1.807, 2.05) is 44.3 Å². The number of nitrogens with one attached hydrogen (secondary N) is 1. The molecule has 0 amide bonds. The number of hydrogen-bond donors (Lipinski definition) is 1. The number of anilines is 1. The average molecular weight is 324 g/mol. The fourth-order valence-electron chi connectivity index (χ4n) is 3.26. The van der Waals surface area contributed by atoms with Gasteiger partial charge in [-0.15, -0.1) is 0 Å². The molecule has 1 N–H and O–H groups in total. The molecule has 1 aliphatic rings. The first kappa shape index (κ1) is 16.5. The fourth-order valence-corrected chi connectivity index (χ4v) is 3.26. The van der Waals surface area contributed by atoms with Gasteiger partial charge >= 0.3 is 0 Å². The lowest BCUT2D eigenvalue weighted by molar-refractivity contribution is 0.311. The summed E-state index contributed by atoms with van der Waals surface area (Å²) in [6, 6.07) is 4.47. The van der Waals surface area contributed by atoms with Gasteiger partial charge in [0.25, 0.3) is 0 Å². The Balaban J connectivity index is 1.81. The van der Waals surface area contributed by atoms with Crippen LogP contribution in [-0.4, -0.2) is 40.3 Å². The van der Waals surface area contributed by atoms with Gasteiger partial charge in [-0.2, -0.15) is 10.4 Å². The lowest BCUT2D eigenvalue weighted by Gasteiger charge is -2.24. The maximum absolute atomic E-state index is 9.46. The van der Waals surface area contributed by atoms with E-state index >= 15 is 0 Å². The van der Waals surface area contributed by atoms with Crippen LogP contribution in [0.25, 0.3) is 0 Å². The Hall–Kier alpha value is -2.39. The van der Waals surface area contributed by atoms with Crippen LogP contribution in [0.2, 0.25) is 0 Å². The fraction of sp³-hybridized carbons (Fsp3) is 0.500. The van der Waals surface area contributed by atoms with E-state index in [4.69, 9.17) is 4.98 Å². The summed E-state index contributed by atoms with van der Waals surface area (Å²) in [6.45, 7) is 0.680. The van der Waals surface area contributed by atoms with Crippen molar-refractivity contribution in [3.63, 3.8) is 0 Å². The van der Waals surface area contributed by atoms with Gasteiger partial charge in [0.15, 0.2) is 0 Å². The highest BCUT2D eigenvalue weighted by molar-refractivity contribution is 5.55. The summed E-state index contributed by atoms with van der Waals surface area (Å²) in [6.07, 6.45) is 8.33. The molecule has 0 radical (unpaired) electrons. The van der Waals surface area contributed by atoms with E-state index in [9.17, 15) is 5.26 Å². The third-order valence-electron chi connectivity index (χ3n) is 4.62. The SMILES string of the molecule is CN(C)C(CNc1nc2c(cc1C#N)CCCC2)c1cnn(C)c1. The number of nitrogens with zero attached hydrogens (tertiary/aromatic N) is 5. The molecular formula is C18H24N6. The largest absolute Gasteiger partial charge is 0.367 e. The van der Waals surface area contributed by atoms with Crippen molar-refractivity contribution in [2.45, 2.75) is 31.7 Å². The number of aromatic nitrogens is 3. The van der Waals surface area contributed by atoms with Crippen LogP contribution in [0.15, 0.2) is 18.5 Å². The summed E-state index contributed by atoms with van der Waals surface area (Å²) >= 11 is 0. The maximum atomic E-state index is 9.46. The van der Waals surface area contributed by atoms with Gasteiger partial charge in [-0.1, -0.05) is 0 Å². The van der Waals surface area contributed by atoms with Crippen LogP contribution in [0.4, 0.5) is 5.82 Å². The summed E-state index contributed by atoms with van der Waals surface area (Å²) in [5.74, 6) is 0.703. The zero-order valence-electron chi connectivity index (χ0n) is 14.6. The molecule has 2 aromatic rings. The van der Waals surface area contributed by atoms with Crippen LogP contribution < -0.4 is 5.32 Å². The van der Waals surface area contributed by atoms with Gasteiger partial charge in [-0.3, -0.25) is 4.68 Å². The highest BCUT2D eigenvalue weighted by atomic mass is 15.2. The first-order chi connectivity index (χ1) is 11.6. The number of hydrogen-bond acceptors (Lipinski definition) is 5. The Bertz CT molecular complexity index is 755. The van der Waals surface area contributed by atoms with E-state index < -0.39 is 0 Å². The Morgan fingerprint density at radius 3 is 2.83 bits per heavy atom. The number of fused-ring (bicyclic) bond motifs is 1. The number of likely N-dealkylation sites (N-methyl/N-ethyl adjacent to an activating group) is 1. The second-order valence-electron chi connectivity index (χ2n) is 6.62. The molecule has 0 spiro atoms. The van der Waals surface area contributed by atoms with E-state index in [0.29, 0.717) is 17.9 Å². The van der Waals surface area contributed by atoms with Gasteiger partial charge in [0.2, 0.25) is 0 Å². The maximum Gasteiger partial charge on any atom is 0.144 e. The van der Waals surface area contributed by atoms with Crippen LogP contribution in [0.3, 0.4) is 0 Å². The quantitative estimate of drug-likeness (QED) is 0.914. The smallest absolute Gasteiger partial charge is 0.144 e. The minimum Gasteiger partial charge on any atom is -0.367 e. The standard InChI is InChI=1S/C18H24N6/c1-23(2)17(15-10-21-24(3)12-15)11-20-18-14(9-19)8-13-6-4-5-7-16(13)22-18/h8,10,12,17H,4-7,11H2,1-3H3,(H,20,22). The van der Waals surface area contributed by atoms with Gasteiger partial charge in [-0.05, 0) is 51.4 Å². The molecule has 0 aliphatic heterocycles. The van der Waals surface area contributed by atoms with Gasteiger partial charge in [0, 0.05) is 31.0 Å². The van der Waals surface area contributed by atoms with Crippen molar-refractivity contribution in [2.24, 2.45) is 7.05 Å². The number of aryl methyl sites for hydroxylation is 3. The van der Waals surface area contributed by atoms with Crippen molar-refractivity contribution in [3.05, 3.63) is 40.8 Å². The molecular weight excluding hydrogens is 300 g/mol. The molecule has 1 unspecified atom stereocenters. The first-order valence-electron chi connectivity index (χ1n) is 8.40. The second kappa shape index (κ2) is 7.02. The molecule has 0 fully saturated rings. The predicted molar refractivity (Wildman–Crippen MR) is 93.7 cm³/mol. The molecule has 6 nitrogen and oxygen atoms in total. The summed E-state index contributed by atoms with van der Waals surface area (Å²) in [5, 5.41) is 17.1. The molecule has 3 rings (SSSR count). The number of nitriles is 1. The third kappa shape index (κ3) is 3.41. The van der Waals surface area contributed by atoms with E-state index in [-0.39, 0.29) is 6.04 Å².